The van der Waals surface area contributed by atoms with Crippen LogP contribution in [0, 0.1) is 12.8 Å². The summed E-state index contributed by atoms with van der Waals surface area (Å²) in [5, 5.41) is 0. The number of hydrogen-bond acceptors (Lipinski definition) is 7. The number of piperidine rings is 1. The smallest absolute Gasteiger partial charge is 0.341 e. The van der Waals surface area contributed by atoms with Gasteiger partial charge in [0.15, 0.2) is 0 Å². The van der Waals surface area contributed by atoms with Crippen LogP contribution in [0.4, 0.5) is 5.95 Å². The number of esters is 1. The maximum atomic E-state index is 12.9. The quantitative estimate of drug-likeness (QED) is 0.742. The lowest BCUT2D eigenvalue weighted by Crippen LogP contribution is -2.44. The number of furan rings is 1. The first-order valence-electron chi connectivity index (χ1n) is 8.94. The Balaban J connectivity index is 1.64. The third-order valence-electron chi connectivity index (χ3n) is 4.75. The number of aromatic nitrogens is 2. The number of hydrogen-bond donors (Lipinski definition) is 0. The molecular weight excluding hydrogens is 348 g/mol. The van der Waals surface area contributed by atoms with Gasteiger partial charge in [-0.15, -0.1) is 0 Å². The normalized spacial score (nSPS) is 16.9. The van der Waals surface area contributed by atoms with Gasteiger partial charge in [0.2, 0.25) is 11.9 Å². The zero-order chi connectivity index (χ0) is 19.4. The van der Waals surface area contributed by atoms with Crippen LogP contribution in [0.3, 0.4) is 0 Å². The molecule has 144 valence electrons. The predicted octanol–water partition coefficient (Wildman–Crippen LogP) is 2.04. The van der Waals surface area contributed by atoms with Crippen LogP contribution in [-0.2, 0) is 16.1 Å². The van der Waals surface area contributed by atoms with Gasteiger partial charge in [-0.2, -0.15) is 0 Å². The van der Waals surface area contributed by atoms with Crippen molar-refractivity contribution in [3.8, 4) is 0 Å². The number of rotatable bonds is 5. The Bertz CT molecular complexity index is 805. The van der Waals surface area contributed by atoms with Crippen LogP contribution in [0.1, 0.15) is 34.7 Å². The maximum Gasteiger partial charge on any atom is 0.341 e. The molecule has 1 amide bonds. The monoisotopic (exact) mass is 372 g/mol. The molecule has 1 atom stereocenters. The van der Waals surface area contributed by atoms with Crippen LogP contribution in [0.15, 0.2) is 28.9 Å². The zero-order valence-electron chi connectivity index (χ0n) is 15.8. The van der Waals surface area contributed by atoms with Crippen molar-refractivity contribution >= 4 is 17.8 Å². The van der Waals surface area contributed by atoms with Crippen LogP contribution in [0.2, 0.25) is 0 Å². The number of aryl methyl sites for hydroxylation is 1. The van der Waals surface area contributed by atoms with Crippen LogP contribution >= 0.6 is 0 Å². The van der Waals surface area contributed by atoms with Gasteiger partial charge >= 0.3 is 5.97 Å². The molecule has 0 saturated carbocycles. The summed E-state index contributed by atoms with van der Waals surface area (Å²) in [6.45, 7) is 3.45. The number of anilines is 1. The summed E-state index contributed by atoms with van der Waals surface area (Å²) in [5.74, 6) is 1.18. The fourth-order valence-corrected chi connectivity index (χ4v) is 3.37. The second-order valence-corrected chi connectivity index (χ2v) is 6.70. The average Bonchev–Trinajstić information content (AvgIpc) is 3.07. The molecule has 3 heterocycles. The molecule has 0 spiro atoms. The zero-order valence-corrected chi connectivity index (χ0v) is 15.8. The Morgan fingerprint density at radius 1 is 1.37 bits per heavy atom. The van der Waals surface area contributed by atoms with E-state index in [1.165, 1.54) is 7.11 Å². The standard InChI is InChI=1S/C19H24N4O4/c1-13-16(18(25)26-3)10-15(27-13)12-22(2)17(24)14-6-4-9-23(11-14)19-20-7-5-8-21-19/h5,7-8,10,14H,4,6,9,11-12H2,1-3H3. The first-order valence-corrected chi connectivity index (χ1v) is 8.94. The van der Waals surface area contributed by atoms with Crippen molar-refractivity contribution in [2.75, 3.05) is 32.1 Å². The van der Waals surface area contributed by atoms with E-state index in [1.54, 1.807) is 43.4 Å². The molecule has 27 heavy (non-hydrogen) atoms. The molecule has 0 N–H and O–H groups in total. The number of nitrogens with zero attached hydrogens (tertiary/aromatic N) is 4. The summed E-state index contributed by atoms with van der Waals surface area (Å²) < 4.78 is 10.3. The van der Waals surface area contributed by atoms with E-state index < -0.39 is 5.97 Å². The van der Waals surface area contributed by atoms with Crippen molar-refractivity contribution in [3.63, 3.8) is 0 Å². The summed E-state index contributed by atoms with van der Waals surface area (Å²) in [4.78, 5) is 36.8. The first kappa shape index (κ1) is 18.9. The summed E-state index contributed by atoms with van der Waals surface area (Å²) in [6.07, 6.45) is 5.15. The fourth-order valence-electron chi connectivity index (χ4n) is 3.37. The van der Waals surface area contributed by atoms with Gasteiger partial charge in [-0.05, 0) is 31.9 Å². The van der Waals surface area contributed by atoms with Crippen molar-refractivity contribution in [1.82, 2.24) is 14.9 Å². The first-order chi connectivity index (χ1) is 13.0. The van der Waals surface area contributed by atoms with E-state index in [4.69, 9.17) is 9.15 Å². The SMILES string of the molecule is COC(=O)c1cc(CN(C)C(=O)C2CCCN(c3ncccn3)C2)oc1C. The predicted molar refractivity (Wildman–Crippen MR) is 98.2 cm³/mol. The van der Waals surface area contributed by atoms with Gasteiger partial charge in [-0.1, -0.05) is 0 Å². The second-order valence-electron chi connectivity index (χ2n) is 6.70. The van der Waals surface area contributed by atoms with Crippen molar-refractivity contribution in [3.05, 3.63) is 41.6 Å². The average molecular weight is 372 g/mol. The Morgan fingerprint density at radius 3 is 2.81 bits per heavy atom. The Hall–Kier alpha value is -2.90. The van der Waals surface area contributed by atoms with Crippen LogP contribution < -0.4 is 4.90 Å². The van der Waals surface area contributed by atoms with Gasteiger partial charge in [0.25, 0.3) is 0 Å². The lowest BCUT2D eigenvalue weighted by Gasteiger charge is -2.33. The molecule has 8 nitrogen and oxygen atoms in total. The van der Waals surface area contributed by atoms with Crippen molar-refractivity contribution in [2.45, 2.75) is 26.3 Å². The summed E-state index contributed by atoms with van der Waals surface area (Å²) in [5.41, 5.74) is 0.387. The van der Waals surface area contributed by atoms with Crippen molar-refractivity contribution in [1.29, 1.82) is 0 Å². The van der Waals surface area contributed by atoms with E-state index in [1.807, 2.05) is 4.90 Å². The third-order valence-corrected chi connectivity index (χ3v) is 4.75. The molecule has 0 radical (unpaired) electrons. The lowest BCUT2D eigenvalue weighted by atomic mass is 9.97. The van der Waals surface area contributed by atoms with Crippen LogP contribution in [-0.4, -0.2) is 54.0 Å². The Labute approximate surface area is 158 Å². The molecular formula is C19H24N4O4. The highest BCUT2D eigenvalue weighted by molar-refractivity contribution is 5.90. The van der Waals surface area contributed by atoms with E-state index >= 15 is 0 Å². The molecule has 0 aromatic carbocycles. The van der Waals surface area contributed by atoms with Crippen molar-refractivity contribution < 1.29 is 18.7 Å². The largest absolute Gasteiger partial charge is 0.465 e. The van der Waals surface area contributed by atoms with Crippen LogP contribution in [0.5, 0.6) is 0 Å². The van der Waals surface area contributed by atoms with Gasteiger partial charge in [0, 0.05) is 32.5 Å². The number of carbonyl (C=O) groups excluding carboxylic acids is 2. The Morgan fingerprint density at radius 2 is 2.11 bits per heavy atom. The van der Waals surface area contributed by atoms with E-state index in [-0.39, 0.29) is 11.8 Å². The number of amides is 1. The van der Waals surface area contributed by atoms with Crippen molar-refractivity contribution in [2.24, 2.45) is 5.92 Å². The minimum atomic E-state index is -0.442. The van der Waals surface area contributed by atoms with E-state index in [9.17, 15) is 9.59 Å². The van der Waals surface area contributed by atoms with Gasteiger partial charge in [0.05, 0.1) is 19.6 Å². The molecule has 1 aliphatic rings. The second kappa shape index (κ2) is 8.20. The van der Waals surface area contributed by atoms with Gasteiger partial charge in [0.1, 0.15) is 17.1 Å². The highest BCUT2D eigenvalue weighted by Crippen LogP contribution is 2.23. The van der Waals surface area contributed by atoms with Gasteiger partial charge in [-0.3, -0.25) is 4.79 Å². The van der Waals surface area contributed by atoms with E-state index in [0.29, 0.717) is 36.1 Å². The minimum Gasteiger partial charge on any atom is -0.465 e. The van der Waals surface area contributed by atoms with Gasteiger partial charge < -0.3 is 19.0 Å². The molecule has 2 aromatic heterocycles. The summed E-state index contributed by atoms with van der Waals surface area (Å²) in [7, 11) is 3.07. The molecule has 1 aliphatic heterocycles. The molecule has 1 saturated heterocycles. The third kappa shape index (κ3) is 4.27. The highest BCUT2D eigenvalue weighted by Gasteiger charge is 2.29. The number of ether oxygens (including phenoxy) is 1. The van der Waals surface area contributed by atoms with E-state index in [2.05, 4.69) is 9.97 Å². The maximum absolute atomic E-state index is 12.9. The molecule has 0 aliphatic carbocycles. The molecule has 8 heteroatoms. The lowest BCUT2D eigenvalue weighted by molar-refractivity contribution is -0.135. The molecule has 1 fully saturated rings. The minimum absolute atomic E-state index is 0.0457. The Kier molecular flexibility index (Phi) is 5.73. The van der Waals surface area contributed by atoms with E-state index in [0.717, 1.165) is 19.4 Å². The topological polar surface area (TPSA) is 88.8 Å². The molecule has 1 unspecified atom stereocenters. The summed E-state index contributed by atoms with van der Waals surface area (Å²) >= 11 is 0. The van der Waals surface area contributed by atoms with Gasteiger partial charge in [-0.25, -0.2) is 14.8 Å². The molecule has 3 rings (SSSR count). The van der Waals surface area contributed by atoms with Crippen LogP contribution in [0.25, 0.3) is 0 Å². The number of carbonyl (C=O) groups is 2. The summed E-state index contributed by atoms with van der Waals surface area (Å²) in [6, 6.07) is 3.41. The molecule has 0 bridgehead atoms. The number of methoxy groups -OCH3 is 1. The molecule has 2 aromatic rings. The fraction of sp³-hybridized carbons (Fsp3) is 0.474. The highest BCUT2D eigenvalue weighted by atomic mass is 16.5.